The highest BCUT2D eigenvalue weighted by molar-refractivity contribution is 5.83. The van der Waals surface area contributed by atoms with E-state index in [1.165, 1.54) is 6.20 Å². The third-order valence-electron chi connectivity index (χ3n) is 1.85. The summed E-state index contributed by atoms with van der Waals surface area (Å²) in [6.07, 6.45) is 2.38. The molecule has 0 aliphatic heterocycles. The van der Waals surface area contributed by atoms with Crippen LogP contribution in [0.15, 0.2) is 12.3 Å². The summed E-state index contributed by atoms with van der Waals surface area (Å²) in [6, 6.07) is 1.92. The van der Waals surface area contributed by atoms with Gasteiger partial charge >= 0.3 is 5.97 Å². The molecule has 76 valence electrons. The van der Waals surface area contributed by atoms with Crippen molar-refractivity contribution >= 4 is 11.8 Å². The van der Waals surface area contributed by atoms with Gasteiger partial charge in [-0.1, -0.05) is 6.92 Å². The third-order valence-corrected chi connectivity index (χ3v) is 1.85. The van der Waals surface area contributed by atoms with Crippen molar-refractivity contribution < 1.29 is 9.90 Å². The van der Waals surface area contributed by atoms with E-state index >= 15 is 0 Å². The predicted molar refractivity (Wildman–Crippen MR) is 52.4 cm³/mol. The van der Waals surface area contributed by atoms with Crippen molar-refractivity contribution in [3.8, 4) is 0 Å². The Kier molecular flexibility index (Phi) is 3.39. The molecule has 2 N–H and O–H groups in total. The maximum absolute atomic E-state index is 10.6. The number of rotatable bonds is 4. The SMILES string of the molecule is CCC(C)Nc1ccnc(C(=O)O)n1. The van der Waals surface area contributed by atoms with Gasteiger partial charge < -0.3 is 10.4 Å². The maximum atomic E-state index is 10.6. The number of carbonyl (C=O) groups is 1. The number of carboxylic acid groups (broad SMARTS) is 1. The molecule has 0 aromatic carbocycles. The van der Waals surface area contributed by atoms with Gasteiger partial charge in [-0.25, -0.2) is 14.8 Å². The van der Waals surface area contributed by atoms with Gasteiger partial charge in [-0.3, -0.25) is 0 Å². The normalized spacial score (nSPS) is 12.1. The molecule has 5 heteroatoms. The van der Waals surface area contributed by atoms with Gasteiger partial charge in [0, 0.05) is 12.2 Å². The quantitative estimate of drug-likeness (QED) is 0.759. The van der Waals surface area contributed by atoms with E-state index in [2.05, 4.69) is 15.3 Å². The highest BCUT2D eigenvalue weighted by atomic mass is 16.4. The second-order valence-corrected chi connectivity index (χ2v) is 3.02. The van der Waals surface area contributed by atoms with Crippen LogP contribution in [0.4, 0.5) is 5.82 Å². The topological polar surface area (TPSA) is 75.1 Å². The van der Waals surface area contributed by atoms with Crippen molar-refractivity contribution in [2.45, 2.75) is 26.3 Å². The van der Waals surface area contributed by atoms with Crippen LogP contribution >= 0.6 is 0 Å². The summed E-state index contributed by atoms with van der Waals surface area (Å²) in [5.74, 6) is -0.747. The number of hydrogen-bond acceptors (Lipinski definition) is 4. The summed E-state index contributed by atoms with van der Waals surface area (Å²) < 4.78 is 0. The van der Waals surface area contributed by atoms with Gasteiger partial charge in [-0.05, 0) is 19.4 Å². The predicted octanol–water partition coefficient (Wildman–Crippen LogP) is 1.39. The van der Waals surface area contributed by atoms with Crippen LogP contribution in [0, 0.1) is 0 Å². The maximum Gasteiger partial charge on any atom is 0.374 e. The molecule has 1 atom stereocenters. The molecule has 0 saturated heterocycles. The first-order valence-electron chi connectivity index (χ1n) is 4.46. The van der Waals surface area contributed by atoms with Crippen LogP contribution in [0.3, 0.4) is 0 Å². The lowest BCUT2D eigenvalue weighted by Crippen LogP contribution is -2.16. The van der Waals surface area contributed by atoms with Crippen LogP contribution in [0.2, 0.25) is 0 Å². The zero-order chi connectivity index (χ0) is 10.6. The number of anilines is 1. The standard InChI is InChI=1S/C9H13N3O2/c1-3-6(2)11-7-4-5-10-8(12-7)9(13)14/h4-6H,3H2,1-2H3,(H,13,14)(H,10,11,12). The molecule has 0 spiro atoms. The Bertz CT molecular complexity index is 328. The van der Waals surface area contributed by atoms with Crippen LogP contribution < -0.4 is 5.32 Å². The minimum Gasteiger partial charge on any atom is -0.475 e. The second-order valence-electron chi connectivity index (χ2n) is 3.02. The lowest BCUT2D eigenvalue weighted by Gasteiger charge is -2.11. The first-order chi connectivity index (χ1) is 6.63. The number of hydrogen-bond donors (Lipinski definition) is 2. The highest BCUT2D eigenvalue weighted by Crippen LogP contribution is 2.05. The molecule has 0 radical (unpaired) electrons. The first kappa shape index (κ1) is 10.4. The number of nitrogens with zero attached hydrogens (tertiary/aromatic N) is 2. The molecule has 0 saturated carbocycles. The lowest BCUT2D eigenvalue weighted by atomic mass is 10.2. The molecule has 0 fully saturated rings. The van der Waals surface area contributed by atoms with E-state index in [1.807, 2.05) is 13.8 Å². The fourth-order valence-electron chi connectivity index (χ4n) is 0.897. The Morgan fingerprint density at radius 1 is 1.71 bits per heavy atom. The van der Waals surface area contributed by atoms with E-state index in [0.717, 1.165) is 6.42 Å². The fourth-order valence-corrected chi connectivity index (χ4v) is 0.897. The minimum absolute atomic E-state index is 0.182. The second kappa shape index (κ2) is 4.55. The van der Waals surface area contributed by atoms with Gasteiger partial charge in [0.15, 0.2) is 0 Å². The summed E-state index contributed by atoms with van der Waals surface area (Å²) in [7, 11) is 0. The van der Waals surface area contributed by atoms with E-state index in [0.29, 0.717) is 5.82 Å². The molecule has 0 aliphatic carbocycles. The summed E-state index contributed by atoms with van der Waals surface area (Å²) in [5, 5.41) is 11.7. The Morgan fingerprint density at radius 3 is 3.00 bits per heavy atom. The largest absolute Gasteiger partial charge is 0.475 e. The summed E-state index contributed by atoms with van der Waals surface area (Å²) in [5.41, 5.74) is 0. The Labute approximate surface area is 82.2 Å². The summed E-state index contributed by atoms with van der Waals surface area (Å²) >= 11 is 0. The van der Waals surface area contributed by atoms with Gasteiger partial charge in [-0.15, -0.1) is 0 Å². The molecular formula is C9H13N3O2. The van der Waals surface area contributed by atoms with Crippen molar-refractivity contribution in [1.29, 1.82) is 0 Å². The molecule has 14 heavy (non-hydrogen) atoms. The molecule has 1 aromatic rings. The molecular weight excluding hydrogens is 182 g/mol. The van der Waals surface area contributed by atoms with Crippen LogP contribution in [0.1, 0.15) is 30.9 Å². The van der Waals surface area contributed by atoms with Gasteiger partial charge in [-0.2, -0.15) is 0 Å². The minimum atomic E-state index is -1.11. The van der Waals surface area contributed by atoms with Gasteiger partial charge in [0.1, 0.15) is 5.82 Å². The number of aromatic carboxylic acids is 1. The van der Waals surface area contributed by atoms with Gasteiger partial charge in [0.2, 0.25) is 5.82 Å². The van der Waals surface area contributed by atoms with Crippen LogP contribution in [0.25, 0.3) is 0 Å². The Morgan fingerprint density at radius 2 is 2.43 bits per heavy atom. The van der Waals surface area contributed by atoms with E-state index in [1.54, 1.807) is 6.07 Å². The lowest BCUT2D eigenvalue weighted by molar-refractivity contribution is 0.0683. The summed E-state index contributed by atoms with van der Waals surface area (Å²) in [6.45, 7) is 4.04. The van der Waals surface area contributed by atoms with Crippen molar-refractivity contribution in [3.05, 3.63) is 18.1 Å². The number of nitrogens with one attached hydrogen (secondary N) is 1. The average Bonchev–Trinajstić information content (AvgIpc) is 2.18. The molecule has 5 nitrogen and oxygen atoms in total. The zero-order valence-electron chi connectivity index (χ0n) is 8.19. The van der Waals surface area contributed by atoms with Crippen molar-refractivity contribution in [2.75, 3.05) is 5.32 Å². The highest BCUT2D eigenvalue weighted by Gasteiger charge is 2.07. The smallest absolute Gasteiger partial charge is 0.374 e. The third kappa shape index (κ3) is 2.69. The van der Waals surface area contributed by atoms with Crippen LogP contribution in [0.5, 0.6) is 0 Å². The molecule has 1 unspecified atom stereocenters. The summed E-state index contributed by atoms with van der Waals surface area (Å²) in [4.78, 5) is 18.0. The number of aromatic nitrogens is 2. The molecule has 0 bridgehead atoms. The molecule has 1 heterocycles. The fraction of sp³-hybridized carbons (Fsp3) is 0.444. The van der Waals surface area contributed by atoms with E-state index in [9.17, 15) is 4.79 Å². The first-order valence-corrected chi connectivity index (χ1v) is 4.46. The Hall–Kier alpha value is -1.65. The Balaban J connectivity index is 2.78. The molecule has 0 amide bonds. The van der Waals surface area contributed by atoms with Gasteiger partial charge in [0.05, 0.1) is 0 Å². The van der Waals surface area contributed by atoms with Crippen molar-refractivity contribution in [3.63, 3.8) is 0 Å². The number of carboxylic acids is 1. The van der Waals surface area contributed by atoms with E-state index in [4.69, 9.17) is 5.11 Å². The molecule has 1 aromatic heterocycles. The van der Waals surface area contributed by atoms with Gasteiger partial charge in [0.25, 0.3) is 0 Å². The molecule has 1 rings (SSSR count). The molecule has 0 aliphatic rings. The monoisotopic (exact) mass is 195 g/mol. The zero-order valence-corrected chi connectivity index (χ0v) is 8.19. The average molecular weight is 195 g/mol. The van der Waals surface area contributed by atoms with E-state index in [-0.39, 0.29) is 11.9 Å². The van der Waals surface area contributed by atoms with Crippen LogP contribution in [-0.2, 0) is 0 Å². The van der Waals surface area contributed by atoms with Crippen molar-refractivity contribution in [1.82, 2.24) is 9.97 Å². The van der Waals surface area contributed by atoms with E-state index < -0.39 is 5.97 Å². The van der Waals surface area contributed by atoms with Crippen molar-refractivity contribution in [2.24, 2.45) is 0 Å². The van der Waals surface area contributed by atoms with Crippen LogP contribution in [-0.4, -0.2) is 27.1 Å².